The van der Waals surface area contributed by atoms with Crippen molar-refractivity contribution >= 4 is 28.3 Å². The number of carbonyl (C=O) groups excluding carboxylic acids is 2. The fourth-order valence-electron chi connectivity index (χ4n) is 2.13. The number of hydrogen-bond donors (Lipinski definition) is 1. The van der Waals surface area contributed by atoms with Crippen LogP contribution in [0.1, 0.15) is 33.7 Å². The van der Waals surface area contributed by atoms with E-state index < -0.39 is 11.9 Å². The lowest BCUT2D eigenvalue weighted by atomic mass is 10.4. The van der Waals surface area contributed by atoms with E-state index in [0.29, 0.717) is 5.76 Å². The molecule has 1 N–H and O–H groups in total. The Morgan fingerprint density at radius 3 is 2.92 bits per heavy atom. The number of pyridine rings is 1. The average molecular weight is 373 g/mol. The third-order valence-corrected chi connectivity index (χ3v) is 4.08. The fraction of sp³-hybridized carbons (Fsp3) is 0.176. The van der Waals surface area contributed by atoms with Gasteiger partial charge in [-0.1, -0.05) is 6.07 Å². The highest BCUT2D eigenvalue weighted by Crippen LogP contribution is 2.18. The number of nitrogens with one attached hydrogen (secondary N) is 1. The Morgan fingerprint density at radius 2 is 2.15 bits per heavy atom. The molecule has 0 unspecified atom stereocenters. The third-order valence-electron chi connectivity index (χ3n) is 3.32. The van der Waals surface area contributed by atoms with Gasteiger partial charge in [-0.2, -0.15) is 0 Å². The number of aromatic nitrogens is 2. The zero-order valence-corrected chi connectivity index (χ0v) is 14.6. The number of rotatable bonds is 6. The number of furan rings is 1. The molecule has 3 rings (SSSR count). The summed E-state index contributed by atoms with van der Waals surface area (Å²) in [6.45, 7) is 2.17. The lowest BCUT2D eigenvalue weighted by Crippen LogP contribution is -2.18. The molecule has 3 aromatic rings. The van der Waals surface area contributed by atoms with Crippen molar-refractivity contribution in [3.05, 3.63) is 69.5 Å². The van der Waals surface area contributed by atoms with E-state index in [2.05, 4.69) is 10.3 Å². The van der Waals surface area contributed by atoms with Crippen molar-refractivity contribution in [3.8, 4) is 0 Å². The molecule has 3 heterocycles. The molecular formula is C17H15N3O5S. The molecule has 3 aromatic heterocycles. The first-order valence-corrected chi connectivity index (χ1v) is 8.63. The molecule has 0 aromatic carbocycles. The molecule has 0 saturated carbocycles. The van der Waals surface area contributed by atoms with Crippen LogP contribution in [-0.2, 0) is 11.3 Å². The summed E-state index contributed by atoms with van der Waals surface area (Å²) in [5.41, 5.74) is -0.0279. The van der Waals surface area contributed by atoms with Gasteiger partial charge in [-0.3, -0.25) is 14.9 Å². The zero-order chi connectivity index (χ0) is 18.5. The lowest BCUT2D eigenvalue weighted by Gasteiger charge is -2.02. The molecule has 0 bridgehead atoms. The van der Waals surface area contributed by atoms with E-state index in [0.717, 1.165) is 11.3 Å². The molecular weight excluding hydrogens is 358 g/mol. The number of hydrogen-bond acceptors (Lipinski definition) is 7. The molecule has 0 aliphatic carbocycles. The monoisotopic (exact) mass is 373 g/mol. The Hall–Kier alpha value is -3.20. The minimum absolute atomic E-state index is 0.0804. The maximum absolute atomic E-state index is 12.2. The average Bonchev–Trinajstić information content (AvgIpc) is 3.27. The second kappa shape index (κ2) is 7.79. The molecule has 0 radical (unpaired) electrons. The quantitative estimate of drug-likeness (QED) is 0.666. The molecule has 9 heteroatoms. The van der Waals surface area contributed by atoms with Crippen LogP contribution < -0.4 is 10.9 Å². The van der Waals surface area contributed by atoms with E-state index in [1.165, 1.54) is 22.1 Å². The van der Waals surface area contributed by atoms with E-state index >= 15 is 0 Å². The van der Waals surface area contributed by atoms with Crippen molar-refractivity contribution in [2.75, 3.05) is 11.9 Å². The van der Waals surface area contributed by atoms with E-state index in [-0.39, 0.29) is 35.3 Å². The van der Waals surface area contributed by atoms with Crippen LogP contribution in [0.25, 0.3) is 0 Å². The van der Waals surface area contributed by atoms with Crippen molar-refractivity contribution in [2.45, 2.75) is 13.5 Å². The number of ether oxygens (including phenoxy) is 1. The van der Waals surface area contributed by atoms with E-state index in [4.69, 9.17) is 9.15 Å². The molecule has 134 valence electrons. The minimum Gasteiger partial charge on any atom is -0.461 e. The number of nitrogens with zero attached hydrogens (tertiary/aromatic N) is 2. The summed E-state index contributed by atoms with van der Waals surface area (Å²) >= 11 is 1.11. The van der Waals surface area contributed by atoms with Crippen LogP contribution in [0.2, 0.25) is 0 Å². The summed E-state index contributed by atoms with van der Waals surface area (Å²) in [7, 11) is 0. The number of amides is 1. The number of anilines is 1. The van der Waals surface area contributed by atoms with E-state index in [1.54, 1.807) is 31.3 Å². The highest BCUT2D eigenvalue weighted by atomic mass is 32.1. The summed E-state index contributed by atoms with van der Waals surface area (Å²) < 4.78 is 11.8. The van der Waals surface area contributed by atoms with Crippen LogP contribution >= 0.6 is 11.3 Å². The zero-order valence-electron chi connectivity index (χ0n) is 13.8. The van der Waals surface area contributed by atoms with Crippen LogP contribution in [-0.4, -0.2) is 28.0 Å². The van der Waals surface area contributed by atoms with Gasteiger partial charge in [0.2, 0.25) is 0 Å². The van der Waals surface area contributed by atoms with Crippen molar-refractivity contribution in [1.82, 2.24) is 9.55 Å². The standard InChI is InChI=1S/C17H15N3O5S/c1-2-24-16(23)12-10-26-17(18-12)19-15(22)13-7-6-11(25-13)9-20-8-4-3-5-14(20)21/h3-8,10H,2,9H2,1H3,(H,18,19,22). The van der Waals surface area contributed by atoms with Gasteiger partial charge in [-0.25, -0.2) is 9.78 Å². The van der Waals surface area contributed by atoms with Gasteiger partial charge in [-0.15, -0.1) is 11.3 Å². The van der Waals surface area contributed by atoms with Crippen LogP contribution in [0, 0.1) is 0 Å². The molecule has 0 fully saturated rings. The Balaban J connectivity index is 1.66. The van der Waals surface area contributed by atoms with Gasteiger partial charge in [0, 0.05) is 17.6 Å². The molecule has 0 saturated heterocycles. The normalized spacial score (nSPS) is 10.5. The smallest absolute Gasteiger partial charge is 0.357 e. The van der Waals surface area contributed by atoms with E-state index in [1.807, 2.05) is 0 Å². The predicted octanol–water partition coefficient (Wildman–Crippen LogP) is 2.38. The molecule has 8 nitrogen and oxygen atoms in total. The highest BCUT2D eigenvalue weighted by molar-refractivity contribution is 7.14. The summed E-state index contributed by atoms with van der Waals surface area (Å²) in [6.07, 6.45) is 1.64. The number of esters is 1. The molecule has 0 aliphatic heterocycles. The summed E-state index contributed by atoms with van der Waals surface area (Å²) in [4.78, 5) is 39.5. The van der Waals surface area contributed by atoms with Crippen molar-refractivity contribution in [3.63, 3.8) is 0 Å². The maximum Gasteiger partial charge on any atom is 0.357 e. The minimum atomic E-state index is -0.544. The van der Waals surface area contributed by atoms with Crippen LogP contribution in [0.4, 0.5) is 5.13 Å². The van der Waals surface area contributed by atoms with Crippen molar-refractivity contribution in [2.24, 2.45) is 0 Å². The first kappa shape index (κ1) is 17.6. The van der Waals surface area contributed by atoms with Gasteiger partial charge in [0.05, 0.1) is 13.2 Å². The first-order valence-electron chi connectivity index (χ1n) is 7.75. The van der Waals surface area contributed by atoms with Crippen LogP contribution in [0.15, 0.2) is 51.1 Å². The molecule has 26 heavy (non-hydrogen) atoms. The first-order chi connectivity index (χ1) is 12.6. The maximum atomic E-state index is 12.2. The summed E-state index contributed by atoms with van der Waals surface area (Å²) in [6, 6.07) is 7.97. The lowest BCUT2D eigenvalue weighted by molar-refractivity contribution is 0.0520. The Labute approximate surface area is 152 Å². The van der Waals surface area contributed by atoms with Crippen LogP contribution in [0.5, 0.6) is 0 Å². The molecule has 0 atom stereocenters. The van der Waals surface area contributed by atoms with Gasteiger partial charge in [0.1, 0.15) is 5.76 Å². The largest absolute Gasteiger partial charge is 0.461 e. The molecule has 0 spiro atoms. The second-order valence-electron chi connectivity index (χ2n) is 5.15. The third kappa shape index (κ3) is 4.06. The SMILES string of the molecule is CCOC(=O)c1csc(NC(=O)c2ccc(Cn3ccccc3=O)o2)n1. The second-order valence-corrected chi connectivity index (χ2v) is 6.00. The van der Waals surface area contributed by atoms with E-state index in [9.17, 15) is 14.4 Å². The predicted molar refractivity (Wildman–Crippen MR) is 94.5 cm³/mol. The Morgan fingerprint density at radius 1 is 1.31 bits per heavy atom. The van der Waals surface area contributed by atoms with Gasteiger partial charge >= 0.3 is 5.97 Å². The molecule has 0 aliphatic rings. The van der Waals surface area contributed by atoms with Gasteiger partial charge in [0.25, 0.3) is 11.5 Å². The van der Waals surface area contributed by atoms with Gasteiger partial charge in [-0.05, 0) is 25.1 Å². The van der Waals surface area contributed by atoms with Crippen molar-refractivity contribution < 1.29 is 18.7 Å². The number of thiazole rings is 1. The Kier molecular flexibility index (Phi) is 5.28. The van der Waals surface area contributed by atoms with Crippen molar-refractivity contribution in [1.29, 1.82) is 0 Å². The highest BCUT2D eigenvalue weighted by Gasteiger charge is 2.16. The van der Waals surface area contributed by atoms with Gasteiger partial charge < -0.3 is 13.7 Å². The summed E-state index contributed by atoms with van der Waals surface area (Å²) in [5, 5.41) is 4.33. The fourth-order valence-corrected chi connectivity index (χ4v) is 2.81. The topological polar surface area (TPSA) is 103 Å². The number of carbonyl (C=O) groups is 2. The van der Waals surface area contributed by atoms with Crippen LogP contribution in [0.3, 0.4) is 0 Å². The Bertz CT molecular complexity index is 988. The summed E-state index contributed by atoms with van der Waals surface area (Å²) in [5.74, 6) is -0.495. The molecule has 1 amide bonds. The van der Waals surface area contributed by atoms with Gasteiger partial charge in [0.15, 0.2) is 16.6 Å².